The van der Waals surface area contributed by atoms with Crippen LogP contribution in [0.15, 0.2) is 60.8 Å². The molecule has 0 fully saturated rings. The van der Waals surface area contributed by atoms with Gasteiger partial charge in [-0.25, -0.2) is 4.79 Å². The molecule has 56 heavy (non-hydrogen) atoms. The van der Waals surface area contributed by atoms with Crippen LogP contribution >= 0.6 is 0 Å². The lowest BCUT2D eigenvalue weighted by atomic mass is 10.0. The topological polar surface area (TPSA) is 99.1 Å². The molecule has 8 heteroatoms. The number of unbranched alkanes of at least 4 members (excludes halogenated alkanes) is 15. The van der Waals surface area contributed by atoms with E-state index in [9.17, 15) is 19.5 Å². The van der Waals surface area contributed by atoms with Crippen molar-refractivity contribution in [3.8, 4) is 0 Å². The van der Waals surface area contributed by atoms with Crippen molar-refractivity contribution in [3.63, 3.8) is 0 Å². The molecule has 322 valence electrons. The molecule has 0 amide bonds. The monoisotopic (exact) mass is 787 g/mol. The molecule has 0 aliphatic rings. The van der Waals surface area contributed by atoms with Crippen LogP contribution in [-0.2, 0) is 28.6 Å². The van der Waals surface area contributed by atoms with Crippen molar-refractivity contribution >= 4 is 17.9 Å². The maximum atomic E-state index is 12.7. The van der Waals surface area contributed by atoms with Crippen LogP contribution in [0.5, 0.6) is 0 Å². The van der Waals surface area contributed by atoms with Crippen LogP contribution in [0.4, 0.5) is 0 Å². The lowest BCUT2D eigenvalue weighted by Crippen LogP contribution is -2.50. The lowest BCUT2D eigenvalue weighted by molar-refractivity contribution is -0.887. The SMILES string of the molecule is CC/C=C/C/C=C/C/C=C/C/C=C/C/C=C/CCCC(=O)OC(COCCC(C(=O)O)[N+](C)(C)C)COC(=O)CCCCCCCCCCCCCCCCC. The Morgan fingerprint density at radius 1 is 0.554 bits per heavy atom. The summed E-state index contributed by atoms with van der Waals surface area (Å²) in [7, 11) is 5.50. The Balaban J connectivity index is 4.44. The molecule has 0 rings (SSSR count). The molecule has 0 aliphatic heterocycles. The second kappa shape index (κ2) is 38.9. The molecule has 8 nitrogen and oxygen atoms in total. The number of rotatable bonds is 39. The summed E-state index contributed by atoms with van der Waals surface area (Å²) >= 11 is 0. The Kier molecular flexibility index (Phi) is 36.8. The minimum absolute atomic E-state index is 0.0379. The summed E-state index contributed by atoms with van der Waals surface area (Å²) in [5.41, 5.74) is 0. The van der Waals surface area contributed by atoms with E-state index in [1.54, 1.807) is 0 Å². The third-order valence-corrected chi connectivity index (χ3v) is 9.68. The molecule has 0 aromatic carbocycles. The number of esters is 2. The standard InChI is InChI=1S/C48H83NO7/c1-6-8-10-12-14-16-18-20-22-23-25-27-29-31-33-35-37-39-47(51)56-44(42-54-41-40-45(48(52)53)49(3,4)5)43-55-46(50)38-36-34-32-30-28-26-24-21-19-17-15-13-11-9-7-2/h8,10,14,16,20,22,25,27,31,33,44-45H,6-7,9,11-13,15,17-19,21,23-24,26,28-30,32,34-43H2,1-5H3/p+1/b10-8+,16-14+,22-20+,27-25+,33-31+. The van der Waals surface area contributed by atoms with E-state index in [4.69, 9.17) is 14.2 Å². The summed E-state index contributed by atoms with van der Waals surface area (Å²) in [6.45, 7) is 4.56. The minimum Gasteiger partial charge on any atom is -0.477 e. The number of aliphatic carboxylic acids is 1. The zero-order valence-corrected chi connectivity index (χ0v) is 36.6. The van der Waals surface area contributed by atoms with Crippen molar-refractivity contribution in [2.45, 2.75) is 187 Å². The molecule has 0 heterocycles. The van der Waals surface area contributed by atoms with Crippen molar-refractivity contribution in [2.75, 3.05) is 41.0 Å². The van der Waals surface area contributed by atoms with Crippen LogP contribution in [0.1, 0.15) is 174 Å². The summed E-state index contributed by atoms with van der Waals surface area (Å²) in [6.07, 6.45) is 47.0. The highest BCUT2D eigenvalue weighted by Gasteiger charge is 2.31. The van der Waals surface area contributed by atoms with Crippen molar-refractivity contribution in [1.29, 1.82) is 0 Å². The number of carbonyl (C=O) groups excluding carboxylic acids is 2. The van der Waals surface area contributed by atoms with Crippen LogP contribution in [-0.4, -0.2) is 80.6 Å². The Morgan fingerprint density at radius 2 is 1.00 bits per heavy atom. The molecule has 0 aromatic rings. The third kappa shape index (κ3) is 36.7. The highest BCUT2D eigenvalue weighted by Crippen LogP contribution is 2.15. The van der Waals surface area contributed by atoms with Gasteiger partial charge in [-0.2, -0.15) is 0 Å². The summed E-state index contributed by atoms with van der Waals surface area (Å²) in [5, 5.41) is 9.62. The molecular formula is C48H84NO7+. The number of carboxylic acid groups (broad SMARTS) is 1. The van der Waals surface area contributed by atoms with Crippen molar-refractivity contribution in [2.24, 2.45) is 0 Å². The average molecular weight is 787 g/mol. The summed E-state index contributed by atoms with van der Waals surface area (Å²) in [4.78, 5) is 37.0. The van der Waals surface area contributed by atoms with Gasteiger partial charge in [0.25, 0.3) is 0 Å². The van der Waals surface area contributed by atoms with Crippen LogP contribution in [0, 0.1) is 0 Å². The lowest BCUT2D eigenvalue weighted by Gasteiger charge is -2.31. The van der Waals surface area contributed by atoms with Gasteiger partial charge < -0.3 is 23.8 Å². The highest BCUT2D eigenvalue weighted by atomic mass is 16.6. The molecule has 0 bridgehead atoms. The number of carboxylic acids is 1. The molecule has 1 N–H and O–H groups in total. The fourth-order valence-electron chi connectivity index (χ4n) is 6.24. The molecule has 0 aromatic heterocycles. The molecule has 0 saturated carbocycles. The fourth-order valence-corrected chi connectivity index (χ4v) is 6.24. The number of hydrogen-bond acceptors (Lipinski definition) is 6. The van der Waals surface area contributed by atoms with Gasteiger partial charge in [-0.05, 0) is 51.4 Å². The Bertz CT molecular complexity index is 1100. The fraction of sp³-hybridized carbons (Fsp3) is 0.729. The first-order valence-electron chi connectivity index (χ1n) is 22.3. The Labute approximate surface area is 343 Å². The summed E-state index contributed by atoms with van der Waals surface area (Å²) < 4.78 is 17.2. The zero-order valence-electron chi connectivity index (χ0n) is 36.6. The normalized spacial score (nSPS) is 13.5. The predicted octanol–water partition coefficient (Wildman–Crippen LogP) is 12.2. The second-order valence-electron chi connectivity index (χ2n) is 15.9. The van der Waals surface area contributed by atoms with E-state index in [0.717, 1.165) is 57.8 Å². The quantitative estimate of drug-likeness (QED) is 0.0287. The number of allylic oxidation sites excluding steroid dienone is 10. The van der Waals surface area contributed by atoms with Gasteiger partial charge in [-0.1, -0.05) is 164 Å². The van der Waals surface area contributed by atoms with E-state index in [0.29, 0.717) is 19.3 Å². The summed E-state index contributed by atoms with van der Waals surface area (Å²) in [6, 6.07) is -0.625. The van der Waals surface area contributed by atoms with Gasteiger partial charge in [0, 0.05) is 19.3 Å². The van der Waals surface area contributed by atoms with Gasteiger partial charge in [0.1, 0.15) is 6.61 Å². The van der Waals surface area contributed by atoms with Gasteiger partial charge in [0.05, 0.1) is 34.4 Å². The molecular weight excluding hydrogens is 703 g/mol. The zero-order chi connectivity index (χ0) is 41.4. The molecule has 2 atom stereocenters. The van der Waals surface area contributed by atoms with E-state index >= 15 is 0 Å². The molecule has 0 spiro atoms. The van der Waals surface area contributed by atoms with E-state index in [1.165, 1.54) is 77.0 Å². The van der Waals surface area contributed by atoms with Crippen molar-refractivity contribution < 1.29 is 38.2 Å². The van der Waals surface area contributed by atoms with Gasteiger partial charge >= 0.3 is 17.9 Å². The van der Waals surface area contributed by atoms with E-state index < -0.39 is 18.1 Å². The van der Waals surface area contributed by atoms with Gasteiger partial charge in [0.15, 0.2) is 12.1 Å². The molecule has 0 radical (unpaired) electrons. The second-order valence-corrected chi connectivity index (χ2v) is 15.9. The van der Waals surface area contributed by atoms with Crippen molar-refractivity contribution in [3.05, 3.63) is 60.8 Å². The maximum Gasteiger partial charge on any atom is 0.362 e. The van der Waals surface area contributed by atoms with Gasteiger partial charge in [0.2, 0.25) is 0 Å². The van der Waals surface area contributed by atoms with E-state index in [2.05, 4.69) is 74.6 Å². The largest absolute Gasteiger partial charge is 0.477 e. The smallest absolute Gasteiger partial charge is 0.362 e. The molecule has 2 unspecified atom stereocenters. The Morgan fingerprint density at radius 3 is 1.46 bits per heavy atom. The van der Waals surface area contributed by atoms with E-state index in [1.807, 2.05) is 21.1 Å². The first-order chi connectivity index (χ1) is 27.1. The number of quaternary nitrogens is 1. The first kappa shape index (κ1) is 53.0. The Hall–Kier alpha value is -2.97. The average Bonchev–Trinajstić information content (AvgIpc) is 3.15. The number of ether oxygens (including phenoxy) is 3. The van der Waals surface area contributed by atoms with Crippen LogP contribution in [0.3, 0.4) is 0 Å². The number of carbonyl (C=O) groups is 3. The number of likely N-dealkylation sites (N-methyl/N-ethyl adjacent to an activating group) is 1. The third-order valence-electron chi connectivity index (χ3n) is 9.68. The van der Waals surface area contributed by atoms with Crippen LogP contribution in [0.2, 0.25) is 0 Å². The number of hydrogen-bond donors (Lipinski definition) is 1. The first-order valence-corrected chi connectivity index (χ1v) is 22.3. The van der Waals surface area contributed by atoms with Gasteiger partial charge in [-0.3, -0.25) is 9.59 Å². The minimum atomic E-state index is -0.885. The van der Waals surface area contributed by atoms with Crippen LogP contribution < -0.4 is 0 Å². The van der Waals surface area contributed by atoms with Gasteiger partial charge in [-0.15, -0.1) is 0 Å². The van der Waals surface area contributed by atoms with Crippen molar-refractivity contribution in [1.82, 2.24) is 0 Å². The highest BCUT2D eigenvalue weighted by molar-refractivity contribution is 5.72. The number of nitrogens with zero attached hydrogens (tertiary/aromatic N) is 1. The van der Waals surface area contributed by atoms with E-state index in [-0.39, 0.29) is 42.7 Å². The molecule has 0 saturated heterocycles. The maximum absolute atomic E-state index is 12.7. The van der Waals surface area contributed by atoms with Crippen LogP contribution in [0.25, 0.3) is 0 Å². The summed E-state index contributed by atoms with van der Waals surface area (Å²) in [5.74, 6) is -1.54. The molecule has 0 aliphatic carbocycles. The predicted molar refractivity (Wildman–Crippen MR) is 234 cm³/mol.